The van der Waals surface area contributed by atoms with Crippen LogP contribution in [0.5, 0.6) is 11.5 Å². The Labute approximate surface area is 114 Å². The number of methoxy groups -OCH3 is 1. The summed E-state index contributed by atoms with van der Waals surface area (Å²) in [6.07, 6.45) is 1.94. The van der Waals surface area contributed by atoms with Crippen LogP contribution in [0.1, 0.15) is 31.4 Å². The molecule has 1 spiro atoms. The van der Waals surface area contributed by atoms with E-state index >= 15 is 0 Å². The Balaban J connectivity index is 1.96. The zero-order valence-corrected chi connectivity index (χ0v) is 11.6. The van der Waals surface area contributed by atoms with Crippen molar-refractivity contribution in [1.82, 2.24) is 5.32 Å². The summed E-state index contributed by atoms with van der Waals surface area (Å²) in [6, 6.07) is 6.42. The summed E-state index contributed by atoms with van der Waals surface area (Å²) < 4.78 is 17.1. The molecule has 2 aliphatic heterocycles. The van der Waals surface area contributed by atoms with E-state index in [0.717, 1.165) is 37.5 Å². The number of benzene rings is 1. The van der Waals surface area contributed by atoms with Crippen molar-refractivity contribution in [2.75, 3.05) is 26.9 Å². The van der Waals surface area contributed by atoms with Gasteiger partial charge in [-0.05, 0) is 12.6 Å². The molecule has 4 nitrogen and oxygen atoms in total. The van der Waals surface area contributed by atoms with Gasteiger partial charge in [0.1, 0.15) is 17.1 Å². The zero-order valence-electron chi connectivity index (χ0n) is 11.6. The summed E-state index contributed by atoms with van der Waals surface area (Å²) in [5, 5.41) is 3.55. The lowest BCUT2D eigenvalue weighted by Gasteiger charge is -2.39. The van der Waals surface area contributed by atoms with Gasteiger partial charge in [0.25, 0.3) is 0 Å². The maximum absolute atomic E-state index is 6.25. The molecule has 0 amide bonds. The van der Waals surface area contributed by atoms with Crippen molar-refractivity contribution in [2.24, 2.45) is 0 Å². The van der Waals surface area contributed by atoms with Gasteiger partial charge in [-0.25, -0.2) is 0 Å². The SMILES string of the molecule is CCNC1CC2(CCOC2)Oc2cc(OC)ccc21. The monoisotopic (exact) mass is 263 g/mol. The molecular formula is C15H21NO3. The molecule has 3 rings (SSSR count). The number of hydrogen-bond acceptors (Lipinski definition) is 4. The Morgan fingerprint density at radius 3 is 3.05 bits per heavy atom. The van der Waals surface area contributed by atoms with Crippen LogP contribution < -0.4 is 14.8 Å². The highest BCUT2D eigenvalue weighted by molar-refractivity contribution is 5.44. The molecule has 1 N–H and O–H groups in total. The van der Waals surface area contributed by atoms with Gasteiger partial charge in [0.2, 0.25) is 0 Å². The van der Waals surface area contributed by atoms with Gasteiger partial charge in [-0.2, -0.15) is 0 Å². The van der Waals surface area contributed by atoms with Crippen LogP contribution in [0.15, 0.2) is 18.2 Å². The normalized spacial score (nSPS) is 29.1. The Morgan fingerprint density at radius 1 is 1.47 bits per heavy atom. The van der Waals surface area contributed by atoms with Gasteiger partial charge in [0.15, 0.2) is 0 Å². The van der Waals surface area contributed by atoms with Gasteiger partial charge in [-0.15, -0.1) is 0 Å². The van der Waals surface area contributed by atoms with Gasteiger partial charge in [-0.3, -0.25) is 0 Å². The number of rotatable bonds is 3. The molecule has 1 saturated heterocycles. The smallest absolute Gasteiger partial charge is 0.136 e. The van der Waals surface area contributed by atoms with Crippen LogP contribution in [-0.2, 0) is 4.74 Å². The van der Waals surface area contributed by atoms with Gasteiger partial charge in [-0.1, -0.05) is 13.0 Å². The predicted molar refractivity (Wildman–Crippen MR) is 72.8 cm³/mol. The second kappa shape index (κ2) is 5.02. The molecule has 19 heavy (non-hydrogen) atoms. The van der Waals surface area contributed by atoms with E-state index < -0.39 is 0 Å². The van der Waals surface area contributed by atoms with Crippen LogP contribution in [0.2, 0.25) is 0 Å². The van der Waals surface area contributed by atoms with Crippen LogP contribution >= 0.6 is 0 Å². The molecule has 1 aromatic rings. The highest BCUT2D eigenvalue weighted by Crippen LogP contribution is 2.44. The summed E-state index contributed by atoms with van der Waals surface area (Å²) in [5.74, 6) is 1.77. The van der Waals surface area contributed by atoms with E-state index in [1.54, 1.807) is 7.11 Å². The Bertz CT molecular complexity index is 455. The predicted octanol–water partition coefficient (Wildman–Crippen LogP) is 2.29. The third-order valence-electron chi connectivity index (χ3n) is 4.02. The lowest BCUT2D eigenvalue weighted by Crippen LogP contribution is -2.44. The Morgan fingerprint density at radius 2 is 2.37 bits per heavy atom. The van der Waals surface area contributed by atoms with Crippen LogP contribution in [0.25, 0.3) is 0 Å². The zero-order chi connectivity index (χ0) is 13.3. The minimum atomic E-state index is -0.161. The fourth-order valence-corrected chi connectivity index (χ4v) is 3.03. The summed E-state index contributed by atoms with van der Waals surface area (Å²) in [5.41, 5.74) is 1.06. The molecule has 4 heteroatoms. The van der Waals surface area contributed by atoms with Gasteiger partial charge in [0.05, 0.1) is 20.3 Å². The molecule has 0 saturated carbocycles. The second-order valence-electron chi connectivity index (χ2n) is 5.31. The lowest BCUT2D eigenvalue weighted by atomic mass is 9.86. The standard InChI is InChI=1S/C15H21NO3/c1-3-16-13-9-15(6-7-18-10-15)19-14-8-11(17-2)4-5-12(13)14/h4-5,8,13,16H,3,6-7,9-10H2,1-2H3. The average molecular weight is 263 g/mol. The largest absolute Gasteiger partial charge is 0.497 e. The first kappa shape index (κ1) is 12.8. The molecule has 0 radical (unpaired) electrons. The van der Waals surface area contributed by atoms with Crippen LogP contribution in [0, 0.1) is 0 Å². The topological polar surface area (TPSA) is 39.7 Å². The highest BCUT2D eigenvalue weighted by atomic mass is 16.6. The fourth-order valence-electron chi connectivity index (χ4n) is 3.03. The first-order valence-corrected chi connectivity index (χ1v) is 6.94. The van der Waals surface area contributed by atoms with Crippen molar-refractivity contribution in [3.8, 4) is 11.5 Å². The van der Waals surface area contributed by atoms with E-state index in [1.165, 1.54) is 5.56 Å². The first-order valence-electron chi connectivity index (χ1n) is 6.94. The third kappa shape index (κ3) is 2.30. The molecule has 1 aromatic carbocycles. The van der Waals surface area contributed by atoms with E-state index in [-0.39, 0.29) is 5.60 Å². The number of nitrogens with one attached hydrogen (secondary N) is 1. The van der Waals surface area contributed by atoms with Crippen molar-refractivity contribution in [2.45, 2.75) is 31.4 Å². The molecular weight excluding hydrogens is 242 g/mol. The lowest BCUT2D eigenvalue weighted by molar-refractivity contribution is 0.0189. The van der Waals surface area contributed by atoms with Crippen LogP contribution in [0.4, 0.5) is 0 Å². The number of ether oxygens (including phenoxy) is 3. The summed E-state index contributed by atoms with van der Waals surface area (Å²) in [6.45, 7) is 4.56. The summed E-state index contributed by atoms with van der Waals surface area (Å²) in [4.78, 5) is 0. The molecule has 2 aliphatic rings. The maximum atomic E-state index is 6.25. The second-order valence-corrected chi connectivity index (χ2v) is 5.31. The van der Waals surface area contributed by atoms with Crippen LogP contribution in [0.3, 0.4) is 0 Å². The highest BCUT2D eigenvalue weighted by Gasteiger charge is 2.43. The molecule has 2 atom stereocenters. The van der Waals surface area contributed by atoms with Gasteiger partial charge < -0.3 is 19.5 Å². The molecule has 0 bridgehead atoms. The van der Waals surface area contributed by atoms with E-state index in [9.17, 15) is 0 Å². The molecule has 0 aliphatic carbocycles. The first-order chi connectivity index (χ1) is 9.26. The molecule has 1 fully saturated rings. The van der Waals surface area contributed by atoms with E-state index in [0.29, 0.717) is 12.6 Å². The fraction of sp³-hybridized carbons (Fsp3) is 0.600. The van der Waals surface area contributed by atoms with Crippen molar-refractivity contribution in [3.05, 3.63) is 23.8 Å². The summed E-state index contributed by atoms with van der Waals surface area (Å²) >= 11 is 0. The minimum absolute atomic E-state index is 0.161. The third-order valence-corrected chi connectivity index (χ3v) is 4.02. The van der Waals surface area contributed by atoms with Gasteiger partial charge in [0, 0.05) is 30.5 Å². The summed E-state index contributed by atoms with van der Waals surface area (Å²) in [7, 11) is 1.68. The van der Waals surface area contributed by atoms with Crippen molar-refractivity contribution in [1.29, 1.82) is 0 Å². The molecule has 2 unspecified atom stereocenters. The average Bonchev–Trinajstić information content (AvgIpc) is 2.86. The van der Waals surface area contributed by atoms with Crippen molar-refractivity contribution in [3.63, 3.8) is 0 Å². The number of fused-ring (bicyclic) bond motifs is 1. The van der Waals surface area contributed by atoms with Crippen molar-refractivity contribution < 1.29 is 14.2 Å². The van der Waals surface area contributed by atoms with Crippen molar-refractivity contribution >= 4 is 0 Å². The van der Waals surface area contributed by atoms with E-state index in [1.807, 2.05) is 12.1 Å². The number of hydrogen-bond donors (Lipinski definition) is 1. The minimum Gasteiger partial charge on any atom is -0.497 e. The van der Waals surface area contributed by atoms with E-state index in [4.69, 9.17) is 14.2 Å². The molecule has 2 heterocycles. The quantitative estimate of drug-likeness (QED) is 0.908. The molecule has 104 valence electrons. The Hall–Kier alpha value is -1.26. The van der Waals surface area contributed by atoms with Gasteiger partial charge >= 0.3 is 0 Å². The Kier molecular flexibility index (Phi) is 3.37. The van der Waals surface area contributed by atoms with Crippen LogP contribution in [-0.4, -0.2) is 32.5 Å². The molecule has 0 aromatic heterocycles. The maximum Gasteiger partial charge on any atom is 0.136 e. The van der Waals surface area contributed by atoms with E-state index in [2.05, 4.69) is 18.3 Å².